The molecule has 0 spiro atoms. The van der Waals surface area contributed by atoms with Gasteiger partial charge in [0.05, 0.1) is 28.9 Å². The number of carboxylic acid groups (broad SMARTS) is 1. The molecule has 17 heteroatoms. The van der Waals surface area contributed by atoms with Crippen LogP contribution in [0.3, 0.4) is 0 Å². The number of alkyl halides is 9. The van der Waals surface area contributed by atoms with E-state index in [0.29, 0.717) is 12.1 Å². The number of aliphatic imine (C=N–C) groups is 1. The van der Waals surface area contributed by atoms with Crippen LogP contribution in [0.2, 0.25) is 0 Å². The van der Waals surface area contributed by atoms with Crippen molar-refractivity contribution in [3.63, 3.8) is 0 Å². The summed E-state index contributed by atoms with van der Waals surface area (Å²) in [6.07, 6.45) is -17.4. The molecule has 2 N–H and O–H groups in total. The monoisotopic (exact) mass is 628 g/mol. The summed E-state index contributed by atoms with van der Waals surface area (Å²) in [6, 6.07) is 1.93. The molecular weight excluding hydrogens is 603 g/mol. The van der Waals surface area contributed by atoms with Gasteiger partial charge >= 0.3 is 24.6 Å². The van der Waals surface area contributed by atoms with Crippen molar-refractivity contribution in [2.24, 2.45) is 4.99 Å². The molecule has 2 aromatic carbocycles. The number of fused-ring (bicyclic) bond motifs is 1. The quantitative estimate of drug-likeness (QED) is 0.328. The fourth-order valence-electron chi connectivity index (χ4n) is 5.00. The Morgan fingerprint density at radius 3 is 2.12 bits per heavy atom. The molecule has 0 saturated carbocycles. The normalized spacial score (nSPS) is 21.4. The third-order valence-electron chi connectivity index (χ3n) is 6.91. The predicted molar refractivity (Wildman–Crippen MR) is 133 cm³/mol. The molecule has 0 saturated heterocycles. The number of anilines is 1. The summed E-state index contributed by atoms with van der Waals surface area (Å²) in [5, 5.41) is 13.7. The molecule has 0 fully saturated rings. The summed E-state index contributed by atoms with van der Waals surface area (Å²) in [7, 11) is 1.28. The van der Waals surface area contributed by atoms with Gasteiger partial charge in [-0.05, 0) is 60.4 Å². The van der Waals surface area contributed by atoms with Gasteiger partial charge < -0.3 is 14.7 Å². The number of rotatable bonds is 7. The summed E-state index contributed by atoms with van der Waals surface area (Å²) < 4.78 is 126. The first-order valence-electron chi connectivity index (χ1n) is 12.7. The Kier molecular flexibility index (Phi) is 8.91. The van der Waals surface area contributed by atoms with E-state index in [9.17, 15) is 49.4 Å². The first-order chi connectivity index (χ1) is 19.9. The number of halogens is 9. The number of nitrogens with one attached hydrogen (secondary N) is 1. The van der Waals surface area contributed by atoms with Gasteiger partial charge in [0, 0.05) is 19.2 Å². The average Bonchev–Trinajstić information content (AvgIpc) is 3.26. The molecule has 2 aliphatic heterocycles. The number of hydroxylamine groups is 2. The highest BCUT2D eigenvalue weighted by molar-refractivity contribution is 5.89. The van der Waals surface area contributed by atoms with Crippen molar-refractivity contribution in [2.75, 3.05) is 18.6 Å². The lowest BCUT2D eigenvalue weighted by atomic mass is 9.88. The number of amides is 1. The van der Waals surface area contributed by atoms with Crippen LogP contribution in [0.4, 0.5) is 50.0 Å². The molecule has 2 heterocycles. The summed E-state index contributed by atoms with van der Waals surface area (Å²) in [4.78, 5) is 22.8. The highest BCUT2D eigenvalue weighted by Crippen LogP contribution is 2.42. The van der Waals surface area contributed by atoms with E-state index in [-0.39, 0.29) is 42.7 Å². The van der Waals surface area contributed by atoms with Gasteiger partial charge in [0.15, 0.2) is 6.29 Å². The summed E-state index contributed by atoms with van der Waals surface area (Å²) in [5.41, 5.74) is -4.63. The van der Waals surface area contributed by atoms with Gasteiger partial charge in [0.25, 0.3) is 0 Å². The fourth-order valence-corrected chi connectivity index (χ4v) is 5.00. The van der Waals surface area contributed by atoms with E-state index in [1.54, 1.807) is 6.92 Å². The second-order valence-electron chi connectivity index (χ2n) is 9.85. The van der Waals surface area contributed by atoms with Crippen molar-refractivity contribution < 1.29 is 59.0 Å². The Morgan fingerprint density at radius 1 is 1.00 bits per heavy atom. The van der Waals surface area contributed by atoms with Crippen molar-refractivity contribution in [1.82, 2.24) is 10.4 Å². The molecule has 0 aliphatic carbocycles. The van der Waals surface area contributed by atoms with E-state index >= 15 is 0 Å². The van der Waals surface area contributed by atoms with Crippen LogP contribution in [0, 0.1) is 0 Å². The highest BCUT2D eigenvalue weighted by Gasteiger charge is 2.42. The Morgan fingerprint density at radius 2 is 1.60 bits per heavy atom. The van der Waals surface area contributed by atoms with Crippen molar-refractivity contribution in [1.29, 1.82) is 0 Å². The molecule has 236 valence electrons. The minimum absolute atomic E-state index is 0.0182. The number of methoxy groups -OCH3 is 1. The number of carbonyl (C=O) groups is 1. The van der Waals surface area contributed by atoms with Crippen LogP contribution in [-0.2, 0) is 34.6 Å². The lowest BCUT2D eigenvalue weighted by molar-refractivity contribution is -0.143. The summed E-state index contributed by atoms with van der Waals surface area (Å²) in [6.45, 7) is 0.787. The van der Waals surface area contributed by atoms with E-state index in [1.165, 1.54) is 7.11 Å². The van der Waals surface area contributed by atoms with Gasteiger partial charge in [-0.2, -0.15) is 39.5 Å². The predicted octanol–water partition coefficient (Wildman–Crippen LogP) is 6.82. The van der Waals surface area contributed by atoms with Gasteiger partial charge in [0.2, 0.25) is 5.90 Å². The standard InChI is InChI=1S/C26H25F9N4O4/c1-3-17-10-19(18-9-14(24(27,28)29)4-5-20(18)39(17)23(40)41)36-22-37-21(12-42-2)43-38(22)11-13-6-15(25(30,31)32)8-16(7-13)26(33,34)35/h4-9,17,19,22,36H,3,10-12H2,1-2H3,(H,40,41)/t17-,19+,22?/m1/s1. The number of hydrogen-bond donors (Lipinski definition) is 2. The van der Waals surface area contributed by atoms with Crippen molar-refractivity contribution in [3.8, 4) is 0 Å². The van der Waals surface area contributed by atoms with E-state index in [2.05, 4.69) is 10.3 Å². The molecule has 1 unspecified atom stereocenters. The van der Waals surface area contributed by atoms with Crippen molar-refractivity contribution in [3.05, 3.63) is 64.2 Å². The minimum atomic E-state index is -5.09. The van der Waals surface area contributed by atoms with Crippen LogP contribution in [-0.4, -0.2) is 48.2 Å². The average molecular weight is 628 g/mol. The molecule has 0 bridgehead atoms. The Balaban J connectivity index is 1.73. The van der Waals surface area contributed by atoms with Crippen LogP contribution >= 0.6 is 0 Å². The maximum absolute atomic E-state index is 13.6. The van der Waals surface area contributed by atoms with Gasteiger partial charge in [0.1, 0.15) is 6.61 Å². The second-order valence-corrected chi connectivity index (χ2v) is 9.85. The highest BCUT2D eigenvalue weighted by atomic mass is 19.4. The molecule has 4 rings (SSSR count). The van der Waals surface area contributed by atoms with Crippen LogP contribution in [0.15, 0.2) is 41.4 Å². The Labute approximate surface area is 238 Å². The number of hydrogen-bond acceptors (Lipinski definition) is 6. The third kappa shape index (κ3) is 7.15. The Bertz CT molecular complexity index is 1350. The lowest BCUT2D eigenvalue weighted by Gasteiger charge is -2.40. The van der Waals surface area contributed by atoms with Gasteiger partial charge in [-0.25, -0.2) is 9.79 Å². The second kappa shape index (κ2) is 11.8. The summed E-state index contributed by atoms with van der Waals surface area (Å²) >= 11 is 0. The zero-order valence-electron chi connectivity index (χ0n) is 22.4. The van der Waals surface area contributed by atoms with Gasteiger partial charge in [-0.1, -0.05) is 12.0 Å². The van der Waals surface area contributed by atoms with E-state index < -0.39 is 71.8 Å². The molecule has 0 radical (unpaired) electrons. The Hall–Kier alpha value is -3.57. The van der Waals surface area contributed by atoms with Crippen molar-refractivity contribution >= 4 is 17.7 Å². The summed E-state index contributed by atoms with van der Waals surface area (Å²) in [5.74, 6) is -0.109. The smallest absolute Gasteiger partial charge is 0.416 e. The SMILES string of the molecule is CC[C@@H]1C[C@H](NC2N=C(COC)ON2Cc2cc(C(F)(F)F)cc(C(F)(F)F)c2)c2cc(C(F)(F)F)ccc2N1C(=O)O. The largest absolute Gasteiger partial charge is 0.465 e. The molecule has 8 nitrogen and oxygen atoms in total. The van der Waals surface area contributed by atoms with E-state index in [0.717, 1.165) is 28.2 Å². The lowest BCUT2D eigenvalue weighted by Crippen LogP contribution is -2.49. The number of nitrogens with zero attached hydrogens (tertiary/aromatic N) is 3. The molecule has 0 aromatic heterocycles. The first kappa shape index (κ1) is 32.3. The zero-order valence-corrected chi connectivity index (χ0v) is 22.4. The van der Waals surface area contributed by atoms with Gasteiger partial charge in [-0.15, -0.1) is 0 Å². The minimum Gasteiger partial charge on any atom is -0.465 e. The molecule has 3 atom stereocenters. The number of ether oxygens (including phenoxy) is 1. The van der Waals surface area contributed by atoms with Crippen LogP contribution in [0.1, 0.15) is 53.6 Å². The molecule has 2 aromatic rings. The topological polar surface area (TPSA) is 86.6 Å². The van der Waals surface area contributed by atoms with E-state index in [1.807, 2.05) is 0 Å². The van der Waals surface area contributed by atoms with Gasteiger partial charge in [-0.3, -0.25) is 10.2 Å². The first-order valence-corrected chi connectivity index (χ1v) is 12.7. The number of benzene rings is 2. The van der Waals surface area contributed by atoms with Crippen molar-refractivity contribution in [2.45, 2.75) is 63.2 Å². The molecule has 43 heavy (non-hydrogen) atoms. The molecule has 2 aliphatic rings. The van der Waals surface area contributed by atoms with Crippen LogP contribution in [0.25, 0.3) is 0 Å². The molecule has 1 amide bonds. The molecular formula is C26H25F9N4O4. The van der Waals surface area contributed by atoms with E-state index in [4.69, 9.17) is 9.57 Å². The maximum atomic E-state index is 13.6. The zero-order chi connectivity index (χ0) is 31.9. The van der Waals surface area contributed by atoms with Crippen LogP contribution < -0.4 is 10.2 Å². The fraction of sp³-hybridized carbons (Fsp3) is 0.462. The third-order valence-corrected chi connectivity index (χ3v) is 6.91. The van der Waals surface area contributed by atoms with Crippen LogP contribution in [0.5, 0.6) is 0 Å². The maximum Gasteiger partial charge on any atom is 0.416 e.